The Balaban J connectivity index is 3.01. The summed E-state index contributed by atoms with van der Waals surface area (Å²) < 4.78 is 32.2. The maximum Gasteiger partial charge on any atom is 0.240 e. The third-order valence-corrected chi connectivity index (χ3v) is 4.51. The zero-order chi connectivity index (χ0) is 15.9. The minimum atomic E-state index is -3.58. The van der Waals surface area contributed by atoms with Crippen molar-refractivity contribution in [3.63, 3.8) is 0 Å². The van der Waals surface area contributed by atoms with Crippen LogP contribution in [0.1, 0.15) is 24.5 Å². The molecule has 0 spiro atoms. The van der Waals surface area contributed by atoms with E-state index < -0.39 is 10.0 Å². The number of rotatable bonds is 6. The lowest BCUT2D eigenvalue weighted by molar-refractivity contribution is 0.173. The first-order valence-electron chi connectivity index (χ1n) is 6.66. The van der Waals surface area contributed by atoms with Crippen molar-refractivity contribution in [3.05, 3.63) is 29.3 Å². The first-order valence-corrected chi connectivity index (χ1v) is 8.14. The molecule has 21 heavy (non-hydrogen) atoms. The summed E-state index contributed by atoms with van der Waals surface area (Å²) in [4.78, 5) is 0.198. The van der Waals surface area contributed by atoms with E-state index in [1.807, 2.05) is 6.92 Å². The summed E-state index contributed by atoms with van der Waals surface area (Å²) in [5.41, 5.74) is 1.45. The van der Waals surface area contributed by atoms with E-state index in [9.17, 15) is 8.42 Å². The molecule has 0 aromatic heterocycles. The maximum absolute atomic E-state index is 12.3. The van der Waals surface area contributed by atoms with E-state index in [1.165, 1.54) is 13.2 Å². The predicted molar refractivity (Wildman–Crippen MR) is 81.4 cm³/mol. The topological polar surface area (TPSA) is 75.6 Å². The number of ether oxygens (including phenoxy) is 1. The van der Waals surface area contributed by atoms with Crippen molar-refractivity contribution in [2.75, 3.05) is 20.3 Å². The zero-order valence-corrected chi connectivity index (χ0v) is 13.3. The summed E-state index contributed by atoms with van der Waals surface area (Å²) in [7, 11) is -2.04. The molecule has 0 aliphatic rings. The van der Waals surface area contributed by atoms with Crippen LogP contribution in [0.3, 0.4) is 0 Å². The average molecular weight is 311 g/mol. The Hall–Kier alpha value is -1.39. The van der Waals surface area contributed by atoms with E-state index >= 15 is 0 Å². The van der Waals surface area contributed by atoms with Crippen LogP contribution >= 0.6 is 0 Å². The fourth-order valence-electron chi connectivity index (χ4n) is 1.80. The van der Waals surface area contributed by atoms with Gasteiger partial charge in [-0.05, 0) is 37.1 Å². The molecule has 0 aliphatic heterocycles. The lowest BCUT2D eigenvalue weighted by atomic mass is 10.1. The summed E-state index contributed by atoms with van der Waals surface area (Å²) in [6.45, 7) is 3.78. The van der Waals surface area contributed by atoms with Gasteiger partial charge < -0.3 is 9.84 Å². The SMILES string of the molecule is CCC(COC)NS(=O)(=O)c1ccc(C#CCO)c(C)c1. The highest BCUT2D eigenvalue weighted by atomic mass is 32.2. The van der Waals surface area contributed by atoms with Crippen molar-refractivity contribution in [1.29, 1.82) is 0 Å². The van der Waals surface area contributed by atoms with Gasteiger partial charge in [0.25, 0.3) is 0 Å². The maximum atomic E-state index is 12.3. The summed E-state index contributed by atoms with van der Waals surface area (Å²) >= 11 is 0. The van der Waals surface area contributed by atoms with Crippen molar-refractivity contribution in [2.45, 2.75) is 31.2 Å². The van der Waals surface area contributed by atoms with E-state index in [-0.39, 0.29) is 17.5 Å². The molecule has 0 bridgehead atoms. The first kappa shape index (κ1) is 17.7. The van der Waals surface area contributed by atoms with Gasteiger partial charge >= 0.3 is 0 Å². The summed E-state index contributed by atoms with van der Waals surface area (Å²) in [6.07, 6.45) is 0.645. The van der Waals surface area contributed by atoms with Crippen molar-refractivity contribution < 1.29 is 18.3 Å². The fraction of sp³-hybridized carbons (Fsp3) is 0.467. The molecule has 0 fully saturated rings. The molecule has 116 valence electrons. The van der Waals surface area contributed by atoms with Gasteiger partial charge in [0.1, 0.15) is 6.61 Å². The lowest BCUT2D eigenvalue weighted by Gasteiger charge is -2.16. The van der Waals surface area contributed by atoms with Crippen LogP contribution in [0, 0.1) is 18.8 Å². The molecule has 0 aliphatic carbocycles. The predicted octanol–water partition coefficient (Wildman–Crippen LogP) is 1.04. The fourth-order valence-corrected chi connectivity index (χ4v) is 3.19. The molecule has 2 N–H and O–H groups in total. The molecule has 0 radical (unpaired) electrons. The molecule has 1 atom stereocenters. The number of nitrogens with one attached hydrogen (secondary N) is 1. The second-order valence-electron chi connectivity index (χ2n) is 4.62. The lowest BCUT2D eigenvalue weighted by Crippen LogP contribution is -2.37. The van der Waals surface area contributed by atoms with Crippen LogP contribution in [0.15, 0.2) is 23.1 Å². The third kappa shape index (κ3) is 5.14. The van der Waals surface area contributed by atoms with Gasteiger partial charge in [0, 0.05) is 18.7 Å². The number of methoxy groups -OCH3 is 1. The normalized spacial score (nSPS) is 12.6. The van der Waals surface area contributed by atoms with Crippen molar-refractivity contribution >= 4 is 10.0 Å². The van der Waals surface area contributed by atoms with Crippen LogP contribution in [0.5, 0.6) is 0 Å². The number of aliphatic hydroxyl groups is 1. The molecular formula is C15H21NO4S. The van der Waals surface area contributed by atoms with Crippen LogP contribution in [0.4, 0.5) is 0 Å². The molecule has 0 saturated carbocycles. The Morgan fingerprint density at radius 1 is 1.43 bits per heavy atom. The second-order valence-corrected chi connectivity index (χ2v) is 6.33. The smallest absolute Gasteiger partial charge is 0.240 e. The molecule has 0 heterocycles. The molecule has 1 unspecified atom stereocenters. The van der Waals surface area contributed by atoms with E-state index in [0.29, 0.717) is 18.6 Å². The van der Waals surface area contributed by atoms with Gasteiger partial charge in [-0.2, -0.15) is 0 Å². The Morgan fingerprint density at radius 2 is 2.14 bits per heavy atom. The molecule has 0 amide bonds. The highest BCUT2D eigenvalue weighted by molar-refractivity contribution is 7.89. The Labute approximate surface area is 126 Å². The summed E-state index contributed by atoms with van der Waals surface area (Å²) in [6, 6.07) is 4.47. The van der Waals surface area contributed by atoms with Gasteiger partial charge in [-0.1, -0.05) is 18.8 Å². The van der Waals surface area contributed by atoms with Gasteiger partial charge in [0.05, 0.1) is 11.5 Å². The van der Waals surface area contributed by atoms with Crippen molar-refractivity contribution in [3.8, 4) is 11.8 Å². The molecular weight excluding hydrogens is 290 g/mol. The van der Waals surface area contributed by atoms with Crippen LogP contribution in [-0.2, 0) is 14.8 Å². The third-order valence-electron chi connectivity index (χ3n) is 2.99. The number of sulfonamides is 1. The summed E-state index contributed by atoms with van der Waals surface area (Å²) in [5.74, 6) is 5.32. The number of hydrogen-bond donors (Lipinski definition) is 2. The monoisotopic (exact) mass is 311 g/mol. The Bertz CT molecular complexity index is 629. The number of aryl methyl sites for hydroxylation is 1. The molecule has 6 heteroatoms. The first-order chi connectivity index (χ1) is 9.94. The zero-order valence-electron chi connectivity index (χ0n) is 12.5. The minimum Gasteiger partial charge on any atom is -0.384 e. The van der Waals surface area contributed by atoms with Gasteiger partial charge in [0.15, 0.2) is 0 Å². The molecule has 0 saturated heterocycles. The van der Waals surface area contributed by atoms with Gasteiger partial charge in [-0.15, -0.1) is 0 Å². The molecule has 5 nitrogen and oxygen atoms in total. The van der Waals surface area contributed by atoms with E-state index in [2.05, 4.69) is 16.6 Å². The highest BCUT2D eigenvalue weighted by Gasteiger charge is 2.19. The Kier molecular flexibility index (Phi) is 6.85. The van der Waals surface area contributed by atoms with Crippen LogP contribution in [0.25, 0.3) is 0 Å². The van der Waals surface area contributed by atoms with Crippen LogP contribution in [-0.4, -0.2) is 39.9 Å². The van der Waals surface area contributed by atoms with E-state index in [0.717, 1.165) is 5.56 Å². The number of benzene rings is 1. The quantitative estimate of drug-likeness (QED) is 0.770. The van der Waals surface area contributed by atoms with Gasteiger partial charge in [-0.3, -0.25) is 0 Å². The van der Waals surface area contributed by atoms with Gasteiger partial charge in [0.2, 0.25) is 10.0 Å². The van der Waals surface area contributed by atoms with Crippen LogP contribution < -0.4 is 4.72 Å². The summed E-state index contributed by atoms with van der Waals surface area (Å²) in [5, 5.41) is 8.69. The molecule has 1 aromatic rings. The van der Waals surface area contributed by atoms with Crippen molar-refractivity contribution in [1.82, 2.24) is 4.72 Å². The Morgan fingerprint density at radius 3 is 2.67 bits per heavy atom. The molecule has 1 rings (SSSR count). The largest absolute Gasteiger partial charge is 0.384 e. The van der Waals surface area contributed by atoms with Crippen molar-refractivity contribution in [2.24, 2.45) is 0 Å². The molecule has 1 aromatic carbocycles. The van der Waals surface area contributed by atoms with E-state index in [1.54, 1.807) is 19.1 Å². The average Bonchev–Trinajstić information content (AvgIpc) is 2.45. The number of hydrogen-bond acceptors (Lipinski definition) is 4. The number of aliphatic hydroxyl groups excluding tert-OH is 1. The van der Waals surface area contributed by atoms with E-state index in [4.69, 9.17) is 9.84 Å². The minimum absolute atomic E-state index is 0.198. The highest BCUT2D eigenvalue weighted by Crippen LogP contribution is 2.15. The van der Waals surface area contributed by atoms with Gasteiger partial charge in [-0.25, -0.2) is 13.1 Å². The van der Waals surface area contributed by atoms with Crippen LogP contribution in [0.2, 0.25) is 0 Å². The second kappa shape index (κ2) is 8.15. The standard InChI is InChI=1S/C15H21NO4S/c1-4-14(11-20-3)16-21(18,19)15-8-7-13(6-5-9-17)12(2)10-15/h7-8,10,14,16-17H,4,9,11H2,1-3H3.